The van der Waals surface area contributed by atoms with Gasteiger partial charge in [0.2, 0.25) is 0 Å². The quantitative estimate of drug-likeness (QED) is 0.736. The molecule has 0 spiro atoms. The highest BCUT2D eigenvalue weighted by Gasteiger charge is 2.19. The van der Waals surface area contributed by atoms with Gasteiger partial charge in [-0.25, -0.2) is 0 Å². The van der Waals surface area contributed by atoms with Crippen molar-refractivity contribution in [2.45, 2.75) is 25.8 Å². The fraction of sp³-hybridized carbons (Fsp3) is 0.538. The van der Waals surface area contributed by atoms with E-state index in [2.05, 4.69) is 36.9 Å². The molecule has 2 rings (SSSR count). The van der Waals surface area contributed by atoms with Gasteiger partial charge in [-0.05, 0) is 37.1 Å². The Morgan fingerprint density at radius 3 is 2.94 bits per heavy atom. The molecule has 16 heavy (non-hydrogen) atoms. The highest BCUT2D eigenvalue weighted by Crippen LogP contribution is 2.23. The molecule has 1 heterocycles. The van der Waals surface area contributed by atoms with Gasteiger partial charge in [-0.2, -0.15) is 0 Å². The third-order valence-corrected chi connectivity index (χ3v) is 3.46. The van der Waals surface area contributed by atoms with Crippen LogP contribution in [0.1, 0.15) is 18.1 Å². The number of rotatable bonds is 2. The van der Waals surface area contributed by atoms with Crippen LogP contribution in [0.5, 0.6) is 0 Å². The van der Waals surface area contributed by atoms with Gasteiger partial charge < -0.3 is 9.64 Å². The van der Waals surface area contributed by atoms with Crippen LogP contribution in [0.25, 0.3) is 0 Å². The molecule has 88 valence electrons. The average molecular weight is 240 g/mol. The number of hydrogen-bond acceptors (Lipinski definition) is 2. The average Bonchev–Trinajstić information content (AvgIpc) is 2.29. The van der Waals surface area contributed by atoms with E-state index in [1.54, 1.807) is 0 Å². The zero-order valence-electron chi connectivity index (χ0n) is 9.87. The van der Waals surface area contributed by atoms with Crippen molar-refractivity contribution < 1.29 is 4.74 Å². The Morgan fingerprint density at radius 1 is 1.50 bits per heavy atom. The van der Waals surface area contributed by atoms with E-state index in [4.69, 9.17) is 16.3 Å². The first-order chi connectivity index (χ1) is 7.72. The standard InChI is InChI=1S/C13H18ClNO/c1-10-7-13(4-3-12(10)8-14)15-5-6-16-9-11(15)2/h3-4,7,11H,5-6,8-9H2,1-2H3. The topological polar surface area (TPSA) is 12.5 Å². The Balaban J connectivity index is 2.22. The van der Waals surface area contributed by atoms with Crippen molar-refractivity contribution in [1.29, 1.82) is 0 Å². The zero-order chi connectivity index (χ0) is 11.5. The van der Waals surface area contributed by atoms with Crippen molar-refractivity contribution in [3.8, 4) is 0 Å². The van der Waals surface area contributed by atoms with Crippen LogP contribution in [0, 0.1) is 6.92 Å². The number of aryl methyl sites for hydroxylation is 1. The van der Waals surface area contributed by atoms with Gasteiger partial charge in [-0.1, -0.05) is 6.07 Å². The molecule has 0 N–H and O–H groups in total. The molecular weight excluding hydrogens is 222 g/mol. The second-order valence-electron chi connectivity index (χ2n) is 4.36. The molecule has 0 aliphatic carbocycles. The number of benzene rings is 1. The minimum Gasteiger partial charge on any atom is -0.377 e. The molecule has 1 fully saturated rings. The van der Waals surface area contributed by atoms with Crippen LogP contribution in [0.15, 0.2) is 18.2 Å². The SMILES string of the molecule is Cc1cc(N2CCOCC2C)ccc1CCl. The maximum absolute atomic E-state index is 5.87. The number of nitrogens with zero attached hydrogens (tertiary/aromatic N) is 1. The molecule has 1 saturated heterocycles. The highest BCUT2D eigenvalue weighted by atomic mass is 35.5. The summed E-state index contributed by atoms with van der Waals surface area (Å²) in [6.45, 7) is 6.92. The van der Waals surface area contributed by atoms with Gasteiger partial charge in [-0.3, -0.25) is 0 Å². The Morgan fingerprint density at radius 2 is 2.31 bits per heavy atom. The van der Waals surface area contributed by atoms with Crippen LogP contribution in [-0.4, -0.2) is 25.8 Å². The lowest BCUT2D eigenvalue weighted by molar-refractivity contribution is 0.0989. The number of alkyl halides is 1. The summed E-state index contributed by atoms with van der Waals surface area (Å²) >= 11 is 5.87. The molecule has 2 nitrogen and oxygen atoms in total. The predicted molar refractivity (Wildman–Crippen MR) is 68.4 cm³/mol. The van der Waals surface area contributed by atoms with Crippen molar-refractivity contribution in [3.63, 3.8) is 0 Å². The lowest BCUT2D eigenvalue weighted by atomic mass is 10.1. The van der Waals surface area contributed by atoms with Crippen LogP contribution < -0.4 is 4.90 Å². The first-order valence-electron chi connectivity index (χ1n) is 5.72. The largest absolute Gasteiger partial charge is 0.377 e. The maximum atomic E-state index is 5.87. The lowest BCUT2D eigenvalue weighted by Crippen LogP contribution is -2.43. The fourth-order valence-corrected chi connectivity index (χ4v) is 2.42. The van der Waals surface area contributed by atoms with Gasteiger partial charge in [-0.15, -0.1) is 11.6 Å². The third kappa shape index (κ3) is 2.33. The smallest absolute Gasteiger partial charge is 0.0668 e. The molecule has 0 saturated carbocycles. The molecule has 1 atom stereocenters. The van der Waals surface area contributed by atoms with Crippen LogP contribution in [0.3, 0.4) is 0 Å². The molecule has 0 aromatic heterocycles. The zero-order valence-corrected chi connectivity index (χ0v) is 10.6. The summed E-state index contributed by atoms with van der Waals surface area (Å²) in [4.78, 5) is 2.40. The van der Waals surface area contributed by atoms with Crippen molar-refractivity contribution in [2.75, 3.05) is 24.7 Å². The van der Waals surface area contributed by atoms with E-state index in [1.165, 1.54) is 16.8 Å². The molecule has 1 unspecified atom stereocenters. The van der Waals surface area contributed by atoms with Crippen LogP contribution >= 0.6 is 11.6 Å². The van der Waals surface area contributed by atoms with Gasteiger partial charge in [0.1, 0.15) is 0 Å². The molecule has 3 heteroatoms. The van der Waals surface area contributed by atoms with Crippen molar-refractivity contribution in [1.82, 2.24) is 0 Å². The van der Waals surface area contributed by atoms with Crippen molar-refractivity contribution >= 4 is 17.3 Å². The minimum absolute atomic E-state index is 0.454. The van der Waals surface area contributed by atoms with Crippen LogP contribution in [-0.2, 0) is 10.6 Å². The van der Waals surface area contributed by atoms with E-state index in [9.17, 15) is 0 Å². The van der Waals surface area contributed by atoms with Crippen LogP contribution in [0.4, 0.5) is 5.69 Å². The van der Waals surface area contributed by atoms with Gasteiger partial charge in [0.05, 0.1) is 13.2 Å². The van der Waals surface area contributed by atoms with Gasteiger partial charge in [0.25, 0.3) is 0 Å². The first kappa shape index (κ1) is 11.7. The van der Waals surface area contributed by atoms with E-state index in [0.717, 1.165) is 19.8 Å². The summed E-state index contributed by atoms with van der Waals surface area (Å²) in [6, 6.07) is 6.96. The molecule has 0 bridgehead atoms. The Hall–Kier alpha value is -0.730. The molecule has 1 aliphatic heterocycles. The lowest BCUT2D eigenvalue weighted by Gasteiger charge is -2.35. The van der Waals surface area contributed by atoms with Crippen molar-refractivity contribution in [2.24, 2.45) is 0 Å². The highest BCUT2D eigenvalue weighted by molar-refractivity contribution is 6.17. The third-order valence-electron chi connectivity index (χ3n) is 3.17. The van der Waals surface area contributed by atoms with Crippen LogP contribution in [0.2, 0.25) is 0 Å². The number of halogens is 1. The summed E-state index contributed by atoms with van der Waals surface area (Å²) in [7, 11) is 0. The summed E-state index contributed by atoms with van der Waals surface area (Å²) < 4.78 is 5.45. The van der Waals surface area contributed by atoms with Gasteiger partial charge >= 0.3 is 0 Å². The summed E-state index contributed by atoms with van der Waals surface area (Å²) in [5.74, 6) is 0.588. The second kappa shape index (κ2) is 5.07. The van der Waals surface area contributed by atoms with Crippen molar-refractivity contribution in [3.05, 3.63) is 29.3 Å². The van der Waals surface area contributed by atoms with E-state index in [1.807, 2.05) is 0 Å². The van der Waals surface area contributed by atoms with E-state index in [0.29, 0.717) is 11.9 Å². The van der Waals surface area contributed by atoms with E-state index in [-0.39, 0.29) is 0 Å². The Bertz CT molecular complexity index is 367. The van der Waals surface area contributed by atoms with Gasteiger partial charge in [0, 0.05) is 24.2 Å². The number of anilines is 1. The van der Waals surface area contributed by atoms with Gasteiger partial charge in [0.15, 0.2) is 0 Å². The molecule has 0 amide bonds. The number of ether oxygens (including phenoxy) is 1. The number of hydrogen-bond donors (Lipinski definition) is 0. The maximum Gasteiger partial charge on any atom is 0.0668 e. The minimum atomic E-state index is 0.454. The summed E-state index contributed by atoms with van der Waals surface area (Å²) in [5, 5.41) is 0. The second-order valence-corrected chi connectivity index (χ2v) is 4.63. The summed E-state index contributed by atoms with van der Waals surface area (Å²) in [6.07, 6.45) is 0. The fourth-order valence-electron chi connectivity index (χ4n) is 2.12. The molecule has 1 aromatic carbocycles. The molecule has 1 aliphatic rings. The monoisotopic (exact) mass is 239 g/mol. The molecule has 1 aromatic rings. The van der Waals surface area contributed by atoms with E-state index >= 15 is 0 Å². The summed E-state index contributed by atoms with van der Waals surface area (Å²) in [5.41, 5.74) is 3.76. The normalized spacial score (nSPS) is 21.2. The van der Waals surface area contributed by atoms with E-state index < -0.39 is 0 Å². The Labute approximate surface area is 102 Å². The Kier molecular flexibility index (Phi) is 3.72. The molecule has 0 radical (unpaired) electrons. The number of morpholine rings is 1. The first-order valence-corrected chi connectivity index (χ1v) is 6.25. The predicted octanol–water partition coefficient (Wildman–Crippen LogP) is 2.96. The molecular formula is C13H18ClNO.